The fraction of sp³-hybridized carbons (Fsp3) is 0.957. The Morgan fingerprint density at radius 1 is 0.964 bits per heavy atom. The van der Waals surface area contributed by atoms with Crippen LogP contribution in [0.4, 0.5) is 0 Å². The predicted octanol–water partition coefficient (Wildman–Crippen LogP) is 3.04. The van der Waals surface area contributed by atoms with Crippen LogP contribution in [0.1, 0.15) is 71.1 Å². The molecule has 2 heterocycles. The molecule has 0 aromatic carbocycles. The second-order valence-corrected chi connectivity index (χ2v) is 9.65. The first kappa shape index (κ1) is 20.8. The molecule has 4 rings (SSSR count). The fourth-order valence-electron chi connectivity index (χ4n) is 6.53. The fourth-order valence-corrected chi connectivity index (χ4v) is 6.53. The Bertz CT molecular complexity index is 486. The highest BCUT2D eigenvalue weighted by molar-refractivity contribution is 5.57. The molecular formula is C23H41N3O2. The molecule has 0 radical (unpaired) electrons. The maximum atomic E-state index is 11.8. The van der Waals surface area contributed by atoms with Crippen molar-refractivity contribution in [2.75, 3.05) is 32.8 Å². The molecule has 4 fully saturated rings. The second kappa shape index (κ2) is 10.0. The van der Waals surface area contributed by atoms with Gasteiger partial charge in [0.05, 0.1) is 0 Å². The Balaban J connectivity index is 1.29. The van der Waals surface area contributed by atoms with Gasteiger partial charge in [0.1, 0.15) is 6.17 Å². The van der Waals surface area contributed by atoms with Crippen LogP contribution in [-0.4, -0.2) is 73.2 Å². The lowest BCUT2D eigenvalue weighted by atomic mass is 9.80. The van der Waals surface area contributed by atoms with Crippen molar-refractivity contribution >= 4 is 6.29 Å². The van der Waals surface area contributed by atoms with E-state index < -0.39 is 0 Å². The van der Waals surface area contributed by atoms with Gasteiger partial charge in [-0.15, -0.1) is 0 Å². The Labute approximate surface area is 171 Å². The molecule has 0 aromatic rings. The number of aldehydes is 1. The van der Waals surface area contributed by atoms with E-state index in [-0.39, 0.29) is 6.17 Å². The minimum atomic E-state index is -0.0510. The molecule has 0 spiro atoms. The third-order valence-electron chi connectivity index (χ3n) is 8.10. The van der Waals surface area contributed by atoms with Gasteiger partial charge < -0.3 is 14.4 Å². The molecule has 5 nitrogen and oxygen atoms in total. The summed E-state index contributed by atoms with van der Waals surface area (Å²) in [5.74, 6) is 1.54. The van der Waals surface area contributed by atoms with Crippen LogP contribution < -0.4 is 5.32 Å². The van der Waals surface area contributed by atoms with Gasteiger partial charge in [0.25, 0.3) is 0 Å². The first-order valence-corrected chi connectivity index (χ1v) is 12.1. The maximum absolute atomic E-state index is 11.8. The highest BCUT2D eigenvalue weighted by Gasteiger charge is 2.42. The highest BCUT2D eigenvalue weighted by atomic mass is 16.5. The predicted molar refractivity (Wildman–Crippen MR) is 112 cm³/mol. The lowest BCUT2D eigenvalue weighted by molar-refractivity contribution is -0.122. The third kappa shape index (κ3) is 4.63. The lowest BCUT2D eigenvalue weighted by Crippen LogP contribution is -2.66. The molecule has 160 valence electrons. The topological polar surface area (TPSA) is 44.8 Å². The number of nitrogens with one attached hydrogen (secondary N) is 1. The zero-order valence-corrected chi connectivity index (χ0v) is 17.9. The van der Waals surface area contributed by atoms with Crippen molar-refractivity contribution in [3.05, 3.63) is 0 Å². The monoisotopic (exact) mass is 391 g/mol. The van der Waals surface area contributed by atoms with Crippen LogP contribution in [0, 0.1) is 11.8 Å². The van der Waals surface area contributed by atoms with Crippen molar-refractivity contribution in [3.63, 3.8) is 0 Å². The van der Waals surface area contributed by atoms with E-state index in [0.717, 1.165) is 43.9 Å². The van der Waals surface area contributed by atoms with E-state index >= 15 is 0 Å². The minimum absolute atomic E-state index is 0.0510. The quantitative estimate of drug-likeness (QED) is 0.705. The smallest absolute Gasteiger partial charge is 0.151 e. The molecular weight excluding hydrogens is 350 g/mol. The summed E-state index contributed by atoms with van der Waals surface area (Å²) < 4.78 is 5.65. The van der Waals surface area contributed by atoms with Crippen LogP contribution >= 0.6 is 0 Å². The van der Waals surface area contributed by atoms with Crippen molar-refractivity contribution in [1.29, 1.82) is 0 Å². The number of carbonyl (C=O) groups is 1. The van der Waals surface area contributed by atoms with Crippen LogP contribution in [-0.2, 0) is 9.53 Å². The first-order valence-electron chi connectivity index (χ1n) is 12.1. The average Bonchev–Trinajstić information content (AvgIpc) is 2.77. The van der Waals surface area contributed by atoms with Crippen molar-refractivity contribution in [2.45, 2.75) is 95.4 Å². The molecule has 2 saturated heterocycles. The molecule has 2 saturated carbocycles. The molecule has 0 aromatic heterocycles. The van der Waals surface area contributed by atoms with Crippen molar-refractivity contribution < 1.29 is 9.53 Å². The normalized spacial score (nSPS) is 38.8. The third-order valence-corrected chi connectivity index (χ3v) is 8.10. The average molecular weight is 392 g/mol. The molecule has 3 atom stereocenters. The minimum Gasteiger partial charge on any atom is -0.381 e. The summed E-state index contributed by atoms with van der Waals surface area (Å²) in [6, 6.07) is 2.00. The number of hydrogen-bond donors (Lipinski definition) is 1. The highest BCUT2D eigenvalue weighted by Crippen LogP contribution is 2.36. The Kier molecular flexibility index (Phi) is 7.43. The molecule has 0 bridgehead atoms. The number of nitrogens with zero attached hydrogens (tertiary/aromatic N) is 2. The van der Waals surface area contributed by atoms with Gasteiger partial charge in [0.15, 0.2) is 6.29 Å². The van der Waals surface area contributed by atoms with E-state index in [4.69, 9.17) is 4.74 Å². The van der Waals surface area contributed by atoms with E-state index in [1.807, 2.05) is 0 Å². The van der Waals surface area contributed by atoms with Gasteiger partial charge in [0, 0.05) is 37.9 Å². The van der Waals surface area contributed by atoms with Gasteiger partial charge in [0.2, 0.25) is 0 Å². The molecule has 1 N–H and O–H groups in total. The van der Waals surface area contributed by atoms with E-state index in [9.17, 15) is 4.79 Å². The van der Waals surface area contributed by atoms with Crippen molar-refractivity contribution in [2.24, 2.45) is 11.8 Å². The lowest BCUT2D eigenvalue weighted by Gasteiger charge is -2.53. The van der Waals surface area contributed by atoms with Gasteiger partial charge in [-0.2, -0.15) is 0 Å². The molecule has 28 heavy (non-hydrogen) atoms. The summed E-state index contributed by atoms with van der Waals surface area (Å²) in [6.07, 6.45) is 14.3. The maximum Gasteiger partial charge on any atom is 0.151 e. The standard InChI is InChI=1S/C23H41N3O2/c1-2-28-17-18-7-9-20(10-8-18)25-13-11-21(12-14-25)26-22-6-4-3-5-19(22)15-24-23(26)16-27/h16,18-24H,2-15,17H2,1H3. The zero-order valence-electron chi connectivity index (χ0n) is 17.9. The van der Waals surface area contributed by atoms with Crippen LogP contribution in [0.2, 0.25) is 0 Å². The largest absolute Gasteiger partial charge is 0.381 e. The van der Waals surface area contributed by atoms with E-state index in [0.29, 0.717) is 12.1 Å². The summed E-state index contributed by atoms with van der Waals surface area (Å²) in [5.41, 5.74) is 0. The van der Waals surface area contributed by atoms with Crippen molar-refractivity contribution in [1.82, 2.24) is 15.1 Å². The zero-order chi connectivity index (χ0) is 19.3. The number of piperidine rings is 1. The molecule has 2 aliphatic carbocycles. The number of likely N-dealkylation sites (tertiary alicyclic amines) is 1. The summed E-state index contributed by atoms with van der Waals surface area (Å²) in [4.78, 5) is 17.2. The van der Waals surface area contributed by atoms with Crippen LogP contribution in [0.5, 0.6) is 0 Å². The van der Waals surface area contributed by atoms with E-state index in [1.54, 1.807) is 0 Å². The number of carbonyl (C=O) groups excluding carboxylic acids is 1. The van der Waals surface area contributed by atoms with Crippen LogP contribution in [0.25, 0.3) is 0 Å². The number of fused-ring (bicyclic) bond motifs is 1. The first-order chi connectivity index (χ1) is 13.8. The Morgan fingerprint density at radius 3 is 2.43 bits per heavy atom. The summed E-state index contributed by atoms with van der Waals surface area (Å²) in [6.45, 7) is 7.37. The van der Waals surface area contributed by atoms with Crippen LogP contribution in [0.15, 0.2) is 0 Å². The number of rotatable bonds is 6. The van der Waals surface area contributed by atoms with Gasteiger partial charge in [-0.25, -0.2) is 0 Å². The van der Waals surface area contributed by atoms with Gasteiger partial charge in [-0.1, -0.05) is 12.8 Å². The summed E-state index contributed by atoms with van der Waals surface area (Å²) in [5, 5.41) is 3.54. The van der Waals surface area contributed by atoms with Crippen molar-refractivity contribution in [3.8, 4) is 0 Å². The van der Waals surface area contributed by atoms with Crippen LogP contribution in [0.3, 0.4) is 0 Å². The molecule has 5 heteroatoms. The number of hydrogen-bond acceptors (Lipinski definition) is 5. The molecule has 3 unspecified atom stereocenters. The van der Waals surface area contributed by atoms with Gasteiger partial charge in [-0.05, 0) is 83.2 Å². The van der Waals surface area contributed by atoms with Gasteiger partial charge in [-0.3, -0.25) is 10.2 Å². The summed E-state index contributed by atoms with van der Waals surface area (Å²) in [7, 11) is 0. The Morgan fingerprint density at radius 2 is 1.71 bits per heavy atom. The molecule has 4 aliphatic rings. The SMILES string of the molecule is CCOCC1CCC(N2CCC(N3C(C=O)NCC4CCCCC43)CC2)CC1. The summed E-state index contributed by atoms with van der Waals surface area (Å²) >= 11 is 0. The van der Waals surface area contributed by atoms with E-state index in [1.165, 1.54) is 77.3 Å². The Hall–Kier alpha value is -0.490. The second-order valence-electron chi connectivity index (χ2n) is 9.65. The molecule has 2 aliphatic heterocycles. The van der Waals surface area contributed by atoms with Gasteiger partial charge >= 0.3 is 0 Å². The van der Waals surface area contributed by atoms with E-state index in [2.05, 4.69) is 22.0 Å². The number of ether oxygens (including phenoxy) is 1. The molecule has 0 amide bonds.